The number of amides is 1. The number of allylic oxidation sites excluding steroid dienone is 4. The average molecular weight is 734 g/mol. The summed E-state index contributed by atoms with van der Waals surface area (Å²) in [5, 5.41) is 23.1. The molecule has 0 spiro atoms. The smallest absolute Gasteiger partial charge is 0.305 e. The van der Waals surface area contributed by atoms with E-state index in [1.54, 1.807) is 0 Å². The molecule has 6 heteroatoms. The molecule has 0 heterocycles. The molecular formula is C46H87NO5. The summed E-state index contributed by atoms with van der Waals surface area (Å²) in [5.41, 5.74) is 0. The first-order chi connectivity index (χ1) is 25.5. The van der Waals surface area contributed by atoms with Crippen molar-refractivity contribution >= 4 is 11.9 Å². The summed E-state index contributed by atoms with van der Waals surface area (Å²) in [6.07, 6.45) is 47.0. The van der Waals surface area contributed by atoms with Crippen molar-refractivity contribution in [2.75, 3.05) is 13.2 Å². The molecule has 2 atom stereocenters. The molecule has 1 amide bonds. The molecular weight excluding hydrogens is 647 g/mol. The van der Waals surface area contributed by atoms with Crippen LogP contribution in [-0.2, 0) is 14.3 Å². The number of aliphatic hydroxyl groups excluding tert-OH is 2. The van der Waals surface area contributed by atoms with Gasteiger partial charge in [0.05, 0.1) is 25.4 Å². The standard InChI is InChI=1S/C46H87NO5/c1-3-5-7-9-11-13-18-22-26-30-34-38-44(49)43(42-48)47-45(50)39-35-31-27-23-20-16-15-17-21-25-29-33-37-41-52-46(51)40-36-32-28-24-19-14-12-10-8-6-4-2/h10,12,16,20,43-44,48-49H,3-9,11,13-15,17-19,21-42H2,1-2H3,(H,47,50)/b12-10-,20-16-. The molecule has 0 aliphatic rings. The number of unbranched alkanes of at least 4 members (excludes halogenated alkanes) is 26. The topological polar surface area (TPSA) is 95.9 Å². The quantitative estimate of drug-likeness (QED) is 0.0330. The van der Waals surface area contributed by atoms with Crippen molar-refractivity contribution in [1.82, 2.24) is 5.32 Å². The second kappa shape index (κ2) is 42.1. The van der Waals surface area contributed by atoms with Crippen molar-refractivity contribution in [3.05, 3.63) is 24.3 Å². The molecule has 0 fully saturated rings. The number of esters is 1. The van der Waals surface area contributed by atoms with Gasteiger partial charge >= 0.3 is 5.97 Å². The predicted molar refractivity (Wildman–Crippen MR) is 223 cm³/mol. The van der Waals surface area contributed by atoms with Gasteiger partial charge < -0.3 is 20.3 Å². The second-order valence-electron chi connectivity index (χ2n) is 15.4. The van der Waals surface area contributed by atoms with E-state index in [-0.39, 0.29) is 18.5 Å². The molecule has 52 heavy (non-hydrogen) atoms. The third-order valence-electron chi connectivity index (χ3n) is 10.2. The van der Waals surface area contributed by atoms with E-state index >= 15 is 0 Å². The Morgan fingerprint density at radius 1 is 0.519 bits per heavy atom. The Hall–Kier alpha value is -1.66. The largest absolute Gasteiger partial charge is 0.466 e. The highest BCUT2D eigenvalue weighted by atomic mass is 16.5. The molecule has 306 valence electrons. The lowest BCUT2D eigenvalue weighted by Gasteiger charge is -2.22. The molecule has 0 aliphatic heterocycles. The van der Waals surface area contributed by atoms with Gasteiger partial charge in [0.15, 0.2) is 0 Å². The second-order valence-corrected chi connectivity index (χ2v) is 15.4. The molecule has 0 aromatic heterocycles. The van der Waals surface area contributed by atoms with Crippen molar-refractivity contribution in [3.63, 3.8) is 0 Å². The maximum absolute atomic E-state index is 12.4. The fraction of sp³-hybridized carbons (Fsp3) is 0.870. The van der Waals surface area contributed by atoms with Crippen LogP contribution in [0.25, 0.3) is 0 Å². The van der Waals surface area contributed by atoms with Gasteiger partial charge in [-0.05, 0) is 70.6 Å². The number of hydrogen-bond donors (Lipinski definition) is 3. The third kappa shape index (κ3) is 38.1. The van der Waals surface area contributed by atoms with Crippen molar-refractivity contribution in [2.24, 2.45) is 0 Å². The summed E-state index contributed by atoms with van der Waals surface area (Å²) in [7, 11) is 0. The van der Waals surface area contributed by atoms with E-state index in [2.05, 4.69) is 43.5 Å². The first-order valence-electron chi connectivity index (χ1n) is 22.6. The maximum Gasteiger partial charge on any atom is 0.305 e. The first-order valence-corrected chi connectivity index (χ1v) is 22.6. The molecule has 0 aromatic carbocycles. The lowest BCUT2D eigenvalue weighted by molar-refractivity contribution is -0.143. The zero-order valence-electron chi connectivity index (χ0n) is 34.5. The molecule has 0 rings (SSSR count). The van der Waals surface area contributed by atoms with Crippen LogP contribution in [0.1, 0.15) is 232 Å². The summed E-state index contributed by atoms with van der Waals surface area (Å²) in [6, 6.07) is -0.560. The van der Waals surface area contributed by atoms with Crippen molar-refractivity contribution in [1.29, 1.82) is 0 Å². The van der Waals surface area contributed by atoms with Crippen LogP contribution < -0.4 is 5.32 Å². The van der Waals surface area contributed by atoms with E-state index in [4.69, 9.17) is 4.74 Å². The van der Waals surface area contributed by atoms with Gasteiger partial charge in [0, 0.05) is 12.8 Å². The maximum atomic E-state index is 12.4. The zero-order chi connectivity index (χ0) is 38.0. The van der Waals surface area contributed by atoms with Crippen molar-refractivity contribution in [2.45, 2.75) is 244 Å². The number of rotatable bonds is 41. The number of carbonyl (C=O) groups excluding carboxylic acids is 2. The molecule has 6 nitrogen and oxygen atoms in total. The SMILES string of the molecule is CCCC/C=C\CCCCCCCC(=O)OCCCCCCCC/C=C\CCCCCC(=O)NC(CO)C(O)CCCCCCCCCCCCC. The Balaban J connectivity index is 3.52. The summed E-state index contributed by atoms with van der Waals surface area (Å²) in [5.74, 6) is -0.0923. The fourth-order valence-corrected chi connectivity index (χ4v) is 6.67. The number of carbonyl (C=O) groups is 2. The Morgan fingerprint density at radius 2 is 0.923 bits per heavy atom. The monoisotopic (exact) mass is 734 g/mol. The summed E-state index contributed by atoms with van der Waals surface area (Å²) < 4.78 is 5.42. The lowest BCUT2D eigenvalue weighted by Crippen LogP contribution is -2.45. The Kier molecular flexibility index (Phi) is 40.7. The lowest BCUT2D eigenvalue weighted by atomic mass is 10.0. The summed E-state index contributed by atoms with van der Waals surface area (Å²) in [6.45, 7) is 4.84. The zero-order valence-corrected chi connectivity index (χ0v) is 34.5. The van der Waals surface area contributed by atoms with Crippen LogP contribution in [0.4, 0.5) is 0 Å². The van der Waals surface area contributed by atoms with Crippen LogP contribution in [0, 0.1) is 0 Å². The van der Waals surface area contributed by atoms with Gasteiger partial charge in [0.2, 0.25) is 5.91 Å². The van der Waals surface area contributed by atoms with E-state index < -0.39 is 12.1 Å². The van der Waals surface area contributed by atoms with Gasteiger partial charge in [-0.15, -0.1) is 0 Å². The Bertz CT molecular complexity index is 813. The van der Waals surface area contributed by atoms with E-state index in [1.165, 1.54) is 128 Å². The number of hydrogen-bond acceptors (Lipinski definition) is 5. The van der Waals surface area contributed by atoms with Crippen LogP contribution in [0.3, 0.4) is 0 Å². The number of aliphatic hydroxyl groups is 2. The minimum atomic E-state index is -0.679. The molecule has 0 bridgehead atoms. The minimum Gasteiger partial charge on any atom is -0.466 e. The van der Waals surface area contributed by atoms with Crippen LogP contribution in [0.2, 0.25) is 0 Å². The first kappa shape index (κ1) is 50.3. The van der Waals surface area contributed by atoms with E-state index in [0.717, 1.165) is 70.6 Å². The third-order valence-corrected chi connectivity index (χ3v) is 10.2. The molecule has 0 aliphatic carbocycles. The Morgan fingerprint density at radius 3 is 1.44 bits per heavy atom. The Labute approximate surface area is 322 Å². The van der Waals surface area contributed by atoms with E-state index in [9.17, 15) is 19.8 Å². The van der Waals surface area contributed by atoms with Gasteiger partial charge in [0.25, 0.3) is 0 Å². The molecule has 0 saturated carbocycles. The van der Waals surface area contributed by atoms with Gasteiger partial charge in [0.1, 0.15) is 0 Å². The van der Waals surface area contributed by atoms with Gasteiger partial charge in [-0.1, -0.05) is 173 Å². The van der Waals surface area contributed by atoms with E-state index in [0.29, 0.717) is 25.9 Å². The van der Waals surface area contributed by atoms with Crippen LogP contribution in [0.15, 0.2) is 24.3 Å². The van der Waals surface area contributed by atoms with Crippen LogP contribution >= 0.6 is 0 Å². The predicted octanol–water partition coefficient (Wildman–Crippen LogP) is 12.8. The molecule has 3 N–H and O–H groups in total. The van der Waals surface area contributed by atoms with E-state index in [1.807, 2.05) is 0 Å². The van der Waals surface area contributed by atoms with Gasteiger partial charge in [-0.3, -0.25) is 9.59 Å². The average Bonchev–Trinajstić information content (AvgIpc) is 3.14. The molecule has 2 unspecified atom stereocenters. The van der Waals surface area contributed by atoms with Gasteiger partial charge in [-0.2, -0.15) is 0 Å². The molecule has 0 aromatic rings. The van der Waals surface area contributed by atoms with Crippen LogP contribution in [-0.4, -0.2) is 47.4 Å². The summed E-state index contributed by atoms with van der Waals surface area (Å²) in [4.78, 5) is 24.3. The highest BCUT2D eigenvalue weighted by molar-refractivity contribution is 5.76. The van der Waals surface area contributed by atoms with Gasteiger partial charge in [-0.25, -0.2) is 0 Å². The molecule has 0 radical (unpaired) electrons. The highest BCUT2D eigenvalue weighted by Gasteiger charge is 2.20. The normalized spacial score (nSPS) is 12.9. The number of ether oxygens (including phenoxy) is 1. The van der Waals surface area contributed by atoms with Crippen molar-refractivity contribution in [3.8, 4) is 0 Å². The highest BCUT2D eigenvalue weighted by Crippen LogP contribution is 2.15. The fourth-order valence-electron chi connectivity index (χ4n) is 6.67. The number of nitrogens with one attached hydrogen (secondary N) is 1. The summed E-state index contributed by atoms with van der Waals surface area (Å²) >= 11 is 0. The minimum absolute atomic E-state index is 0.0246. The molecule has 0 saturated heterocycles. The van der Waals surface area contributed by atoms with Crippen LogP contribution in [0.5, 0.6) is 0 Å². The van der Waals surface area contributed by atoms with Crippen molar-refractivity contribution < 1.29 is 24.5 Å².